The van der Waals surface area contributed by atoms with Gasteiger partial charge in [-0.25, -0.2) is 4.79 Å². The van der Waals surface area contributed by atoms with Crippen molar-refractivity contribution in [2.24, 2.45) is 5.92 Å². The van der Waals surface area contributed by atoms with Crippen LogP contribution in [-0.4, -0.2) is 29.7 Å². The van der Waals surface area contributed by atoms with Crippen molar-refractivity contribution in [2.45, 2.75) is 33.3 Å². The zero-order valence-electron chi connectivity index (χ0n) is 9.46. The first kappa shape index (κ1) is 11.1. The summed E-state index contributed by atoms with van der Waals surface area (Å²) >= 11 is 0. The van der Waals surface area contributed by atoms with E-state index < -0.39 is 5.60 Å². The van der Waals surface area contributed by atoms with Gasteiger partial charge in [0, 0.05) is 13.1 Å². The van der Waals surface area contributed by atoms with E-state index in [1.807, 2.05) is 20.8 Å². The van der Waals surface area contributed by atoms with E-state index in [0.29, 0.717) is 12.5 Å². The third kappa shape index (κ3) is 2.76. The topological polar surface area (TPSA) is 29.5 Å². The van der Waals surface area contributed by atoms with Gasteiger partial charge in [-0.05, 0) is 26.7 Å². The largest absolute Gasteiger partial charge is 0.444 e. The molecule has 1 aliphatic rings. The number of ether oxygens (including phenoxy) is 1. The van der Waals surface area contributed by atoms with Gasteiger partial charge in [-0.3, -0.25) is 0 Å². The predicted molar refractivity (Wildman–Crippen MR) is 56.1 cm³/mol. The first-order valence-electron chi connectivity index (χ1n) is 4.95. The van der Waals surface area contributed by atoms with Crippen LogP contribution in [0.15, 0.2) is 12.2 Å². The molecule has 3 nitrogen and oxygen atoms in total. The molecule has 0 saturated carbocycles. The van der Waals surface area contributed by atoms with Gasteiger partial charge in [0.1, 0.15) is 5.60 Å². The lowest BCUT2D eigenvalue weighted by atomic mass is 10.1. The summed E-state index contributed by atoms with van der Waals surface area (Å²) in [5.74, 6) is 0.391. The summed E-state index contributed by atoms with van der Waals surface area (Å²) in [4.78, 5) is 13.3. The SMILES string of the molecule is C=C1CN(C(=O)OC(C)(C)C)CC1C. The summed E-state index contributed by atoms with van der Waals surface area (Å²) in [6.07, 6.45) is -0.233. The van der Waals surface area contributed by atoms with Crippen LogP contribution < -0.4 is 0 Å². The Bertz CT molecular complexity index is 253. The Labute approximate surface area is 85.7 Å². The van der Waals surface area contributed by atoms with Crippen molar-refractivity contribution in [1.82, 2.24) is 4.90 Å². The fourth-order valence-electron chi connectivity index (χ4n) is 1.39. The Balaban J connectivity index is 2.52. The van der Waals surface area contributed by atoms with Gasteiger partial charge in [0.05, 0.1) is 0 Å². The highest BCUT2D eigenvalue weighted by molar-refractivity contribution is 5.69. The minimum atomic E-state index is -0.412. The Morgan fingerprint density at radius 1 is 1.57 bits per heavy atom. The number of carbonyl (C=O) groups is 1. The molecule has 1 aliphatic heterocycles. The lowest BCUT2D eigenvalue weighted by Crippen LogP contribution is -2.35. The molecule has 0 bridgehead atoms. The van der Waals surface area contributed by atoms with Crippen LogP contribution in [-0.2, 0) is 4.74 Å². The molecule has 1 amide bonds. The van der Waals surface area contributed by atoms with Gasteiger partial charge in [0.15, 0.2) is 0 Å². The first-order valence-corrected chi connectivity index (χ1v) is 4.95. The molecule has 1 rings (SSSR count). The third-order valence-corrected chi connectivity index (χ3v) is 2.24. The second-order valence-corrected chi connectivity index (χ2v) is 4.92. The molecule has 1 heterocycles. The molecule has 0 aromatic heterocycles. The average Bonchev–Trinajstić information content (AvgIpc) is 2.28. The van der Waals surface area contributed by atoms with Gasteiger partial charge in [0.2, 0.25) is 0 Å². The van der Waals surface area contributed by atoms with Crippen LogP contribution in [0.25, 0.3) is 0 Å². The number of hydrogen-bond acceptors (Lipinski definition) is 2. The molecule has 1 unspecified atom stereocenters. The van der Waals surface area contributed by atoms with E-state index in [4.69, 9.17) is 4.74 Å². The van der Waals surface area contributed by atoms with Gasteiger partial charge in [-0.1, -0.05) is 19.1 Å². The van der Waals surface area contributed by atoms with Crippen molar-refractivity contribution in [1.29, 1.82) is 0 Å². The van der Waals surface area contributed by atoms with E-state index >= 15 is 0 Å². The van der Waals surface area contributed by atoms with Crippen molar-refractivity contribution in [3.05, 3.63) is 12.2 Å². The van der Waals surface area contributed by atoms with E-state index in [2.05, 4.69) is 13.5 Å². The average molecular weight is 197 g/mol. The molecule has 0 aliphatic carbocycles. The zero-order valence-corrected chi connectivity index (χ0v) is 9.46. The van der Waals surface area contributed by atoms with Gasteiger partial charge in [0.25, 0.3) is 0 Å². The van der Waals surface area contributed by atoms with Gasteiger partial charge in [-0.2, -0.15) is 0 Å². The molecule has 80 valence electrons. The molecule has 0 aromatic rings. The van der Waals surface area contributed by atoms with Crippen molar-refractivity contribution >= 4 is 6.09 Å². The van der Waals surface area contributed by atoms with Crippen LogP contribution in [0.2, 0.25) is 0 Å². The monoisotopic (exact) mass is 197 g/mol. The maximum atomic E-state index is 11.6. The van der Waals surface area contributed by atoms with Crippen LogP contribution in [0.5, 0.6) is 0 Å². The summed E-state index contributed by atoms with van der Waals surface area (Å²) in [6.45, 7) is 13.0. The molecule has 14 heavy (non-hydrogen) atoms. The fourth-order valence-corrected chi connectivity index (χ4v) is 1.39. The van der Waals surface area contributed by atoms with E-state index in [-0.39, 0.29) is 6.09 Å². The van der Waals surface area contributed by atoms with E-state index in [1.54, 1.807) is 4.90 Å². The predicted octanol–water partition coefficient (Wildman–Crippen LogP) is 2.43. The number of hydrogen-bond donors (Lipinski definition) is 0. The minimum Gasteiger partial charge on any atom is -0.444 e. The van der Waals surface area contributed by atoms with Crippen molar-refractivity contribution < 1.29 is 9.53 Å². The Kier molecular flexibility index (Phi) is 2.88. The number of amides is 1. The van der Waals surface area contributed by atoms with Gasteiger partial charge < -0.3 is 9.64 Å². The molecule has 0 radical (unpaired) electrons. The fraction of sp³-hybridized carbons (Fsp3) is 0.727. The smallest absolute Gasteiger partial charge is 0.410 e. The van der Waals surface area contributed by atoms with E-state index in [1.165, 1.54) is 0 Å². The Morgan fingerprint density at radius 2 is 2.14 bits per heavy atom. The van der Waals surface area contributed by atoms with Crippen molar-refractivity contribution in [3.63, 3.8) is 0 Å². The van der Waals surface area contributed by atoms with Crippen LogP contribution in [0.4, 0.5) is 4.79 Å². The Morgan fingerprint density at radius 3 is 2.50 bits per heavy atom. The summed E-state index contributed by atoms with van der Waals surface area (Å²) in [6, 6.07) is 0. The molecule has 3 heteroatoms. The molecule has 1 saturated heterocycles. The van der Waals surface area contributed by atoms with E-state index in [9.17, 15) is 4.79 Å². The van der Waals surface area contributed by atoms with Crippen LogP contribution >= 0.6 is 0 Å². The van der Waals surface area contributed by atoms with E-state index in [0.717, 1.165) is 12.1 Å². The second-order valence-electron chi connectivity index (χ2n) is 4.92. The molecule has 1 atom stereocenters. The minimum absolute atomic E-state index is 0.233. The van der Waals surface area contributed by atoms with Crippen molar-refractivity contribution in [3.8, 4) is 0 Å². The lowest BCUT2D eigenvalue weighted by molar-refractivity contribution is 0.0292. The summed E-state index contributed by atoms with van der Waals surface area (Å²) < 4.78 is 5.26. The van der Waals surface area contributed by atoms with Crippen LogP contribution in [0.1, 0.15) is 27.7 Å². The second kappa shape index (κ2) is 3.64. The number of rotatable bonds is 0. The highest BCUT2D eigenvalue weighted by Crippen LogP contribution is 2.22. The Hall–Kier alpha value is -0.990. The standard InChI is InChI=1S/C11H19NO2/c1-8-6-12(7-9(8)2)10(13)14-11(3,4)5/h9H,1,6-7H2,2-5H3. The lowest BCUT2D eigenvalue weighted by Gasteiger charge is -2.24. The molecule has 0 spiro atoms. The first-order chi connectivity index (χ1) is 6.29. The molecule has 0 aromatic carbocycles. The number of nitrogens with zero attached hydrogens (tertiary/aromatic N) is 1. The third-order valence-electron chi connectivity index (χ3n) is 2.24. The van der Waals surface area contributed by atoms with Crippen LogP contribution in [0, 0.1) is 5.92 Å². The molecular formula is C11H19NO2. The van der Waals surface area contributed by atoms with Gasteiger partial charge >= 0.3 is 6.09 Å². The molecule has 0 N–H and O–H groups in total. The normalized spacial score (nSPS) is 22.7. The van der Waals surface area contributed by atoms with Crippen LogP contribution in [0.3, 0.4) is 0 Å². The maximum Gasteiger partial charge on any atom is 0.410 e. The summed E-state index contributed by atoms with van der Waals surface area (Å²) in [5, 5.41) is 0. The highest BCUT2D eigenvalue weighted by atomic mass is 16.6. The molecule has 1 fully saturated rings. The number of carbonyl (C=O) groups excluding carboxylic acids is 1. The van der Waals surface area contributed by atoms with Crippen molar-refractivity contribution in [2.75, 3.05) is 13.1 Å². The maximum absolute atomic E-state index is 11.6. The number of likely N-dealkylation sites (tertiary alicyclic amines) is 1. The summed E-state index contributed by atoms with van der Waals surface area (Å²) in [7, 11) is 0. The highest BCUT2D eigenvalue weighted by Gasteiger charge is 2.29. The quantitative estimate of drug-likeness (QED) is 0.558. The zero-order chi connectivity index (χ0) is 10.9. The van der Waals surface area contributed by atoms with Gasteiger partial charge in [-0.15, -0.1) is 0 Å². The molecular weight excluding hydrogens is 178 g/mol. The summed E-state index contributed by atoms with van der Waals surface area (Å²) in [5.41, 5.74) is 0.695.